The summed E-state index contributed by atoms with van der Waals surface area (Å²) in [5.41, 5.74) is 4.37. The Kier molecular flexibility index (Phi) is 5.74. The number of hydrogen-bond acceptors (Lipinski definition) is 2. The van der Waals surface area contributed by atoms with Gasteiger partial charge in [-0.2, -0.15) is 0 Å². The van der Waals surface area contributed by atoms with Gasteiger partial charge in [0.2, 0.25) is 0 Å². The number of carboxylic acid groups (broad SMARTS) is 1. The highest BCUT2D eigenvalue weighted by Crippen LogP contribution is 2.30. The van der Waals surface area contributed by atoms with Gasteiger partial charge in [-0.3, -0.25) is 0 Å². The summed E-state index contributed by atoms with van der Waals surface area (Å²) < 4.78 is 14.5. The first-order chi connectivity index (χ1) is 11.0. The molecular weight excluding hydrogens is 293 g/mol. The average molecular weight is 315 g/mol. The third-order valence-electron chi connectivity index (χ3n) is 3.88. The highest BCUT2D eigenvalue weighted by atomic mass is 19.1. The number of benzene rings is 1. The first kappa shape index (κ1) is 17.0. The molecule has 1 aromatic rings. The number of aliphatic carboxylic acids is 1. The fourth-order valence-corrected chi connectivity index (χ4v) is 2.72. The van der Waals surface area contributed by atoms with E-state index in [0.29, 0.717) is 17.6 Å². The van der Waals surface area contributed by atoms with Crippen LogP contribution in [0.15, 0.2) is 47.8 Å². The highest BCUT2D eigenvalue weighted by Gasteiger charge is 2.12. The summed E-state index contributed by atoms with van der Waals surface area (Å²) in [6.07, 6.45) is 6.54. The van der Waals surface area contributed by atoms with Gasteiger partial charge in [-0.05, 0) is 66.7 Å². The van der Waals surface area contributed by atoms with Crippen molar-refractivity contribution in [1.82, 2.24) is 0 Å². The Bertz CT molecular complexity index is 687. The van der Waals surface area contributed by atoms with Crippen molar-refractivity contribution in [1.29, 1.82) is 0 Å². The van der Waals surface area contributed by atoms with Crippen molar-refractivity contribution in [2.45, 2.75) is 33.1 Å². The molecule has 0 fully saturated rings. The SMILES string of the molecule is CC/C(=C(F)/C=C/C(C)=C/C(=O)O)c1ccc2c(c1)CCCN2. The van der Waals surface area contributed by atoms with E-state index in [4.69, 9.17) is 5.11 Å². The standard InChI is InChI=1S/C19H22FNO2/c1-3-16(17(20)8-6-13(2)11-19(22)23)14-7-9-18-15(12-14)5-4-10-21-18/h6-9,11-12,21H,3-5,10H2,1-2H3,(H,22,23)/b8-6+,13-11+,17-16+. The zero-order chi connectivity index (χ0) is 16.8. The summed E-state index contributed by atoms with van der Waals surface area (Å²) >= 11 is 0. The summed E-state index contributed by atoms with van der Waals surface area (Å²) in [4.78, 5) is 10.6. The van der Waals surface area contributed by atoms with E-state index in [1.54, 1.807) is 6.92 Å². The third kappa shape index (κ3) is 4.55. The molecule has 2 N–H and O–H groups in total. The Morgan fingerprint density at radius 3 is 2.87 bits per heavy atom. The van der Waals surface area contributed by atoms with Crippen LogP contribution in [0.1, 0.15) is 37.8 Å². The van der Waals surface area contributed by atoms with Crippen molar-refractivity contribution in [3.8, 4) is 0 Å². The third-order valence-corrected chi connectivity index (χ3v) is 3.88. The second-order valence-corrected chi connectivity index (χ2v) is 5.64. The number of rotatable bonds is 5. The van der Waals surface area contributed by atoms with Crippen LogP contribution in [0.5, 0.6) is 0 Å². The normalized spacial score (nSPS) is 15.9. The monoisotopic (exact) mass is 315 g/mol. The zero-order valence-electron chi connectivity index (χ0n) is 13.5. The molecular formula is C19H22FNO2. The van der Waals surface area contributed by atoms with Gasteiger partial charge in [-0.1, -0.05) is 19.1 Å². The molecule has 0 saturated carbocycles. The van der Waals surface area contributed by atoms with Crippen LogP contribution in [0.2, 0.25) is 0 Å². The second kappa shape index (κ2) is 7.77. The van der Waals surface area contributed by atoms with Crippen LogP contribution in [0.3, 0.4) is 0 Å². The molecule has 0 atom stereocenters. The van der Waals surface area contributed by atoms with Crippen LogP contribution in [-0.2, 0) is 11.2 Å². The fraction of sp³-hybridized carbons (Fsp3) is 0.316. The van der Waals surface area contributed by atoms with E-state index in [-0.39, 0.29) is 5.83 Å². The Hall–Kier alpha value is -2.36. The number of allylic oxidation sites excluding steroid dienone is 5. The quantitative estimate of drug-likeness (QED) is 0.610. The second-order valence-electron chi connectivity index (χ2n) is 5.64. The van der Waals surface area contributed by atoms with E-state index in [1.807, 2.05) is 25.1 Å². The number of hydrogen-bond donors (Lipinski definition) is 2. The van der Waals surface area contributed by atoms with Crippen molar-refractivity contribution in [2.75, 3.05) is 11.9 Å². The topological polar surface area (TPSA) is 49.3 Å². The van der Waals surface area contributed by atoms with Crippen LogP contribution in [-0.4, -0.2) is 17.6 Å². The van der Waals surface area contributed by atoms with Gasteiger partial charge in [0.05, 0.1) is 0 Å². The molecule has 0 spiro atoms. The van der Waals surface area contributed by atoms with Gasteiger partial charge in [0.25, 0.3) is 0 Å². The Morgan fingerprint density at radius 2 is 2.17 bits per heavy atom. The summed E-state index contributed by atoms with van der Waals surface area (Å²) in [5.74, 6) is -1.36. The van der Waals surface area contributed by atoms with Crippen molar-refractivity contribution < 1.29 is 14.3 Å². The van der Waals surface area contributed by atoms with Crippen LogP contribution in [0.4, 0.5) is 10.1 Å². The lowest BCUT2D eigenvalue weighted by Crippen LogP contribution is -2.11. The van der Waals surface area contributed by atoms with Crippen molar-refractivity contribution in [2.24, 2.45) is 0 Å². The molecule has 0 saturated heterocycles. The number of aryl methyl sites for hydroxylation is 1. The number of fused-ring (bicyclic) bond motifs is 1. The van der Waals surface area contributed by atoms with Gasteiger partial charge in [-0.15, -0.1) is 0 Å². The van der Waals surface area contributed by atoms with E-state index >= 15 is 0 Å². The largest absolute Gasteiger partial charge is 0.478 e. The fourth-order valence-electron chi connectivity index (χ4n) is 2.72. The maximum absolute atomic E-state index is 14.5. The molecule has 0 aliphatic carbocycles. The summed E-state index contributed by atoms with van der Waals surface area (Å²) in [6.45, 7) is 4.53. The molecule has 0 unspecified atom stereocenters. The van der Waals surface area contributed by atoms with Crippen LogP contribution in [0, 0.1) is 0 Å². The van der Waals surface area contributed by atoms with Crippen molar-refractivity contribution >= 4 is 17.2 Å². The Morgan fingerprint density at radius 1 is 1.39 bits per heavy atom. The zero-order valence-corrected chi connectivity index (χ0v) is 13.5. The molecule has 3 nitrogen and oxygen atoms in total. The molecule has 1 heterocycles. The van der Waals surface area contributed by atoms with E-state index in [0.717, 1.165) is 36.7 Å². The van der Waals surface area contributed by atoms with Gasteiger partial charge in [-0.25, -0.2) is 9.18 Å². The minimum absolute atomic E-state index is 0.325. The van der Waals surface area contributed by atoms with Crippen LogP contribution < -0.4 is 5.32 Å². The summed E-state index contributed by atoms with van der Waals surface area (Å²) in [6, 6.07) is 5.99. The van der Waals surface area contributed by atoms with E-state index < -0.39 is 5.97 Å². The van der Waals surface area contributed by atoms with Gasteiger partial charge >= 0.3 is 5.97 Å². The molecule has 1 aromatic carbocycles. The lowest BCUT2D eigenvalue weighted by atomic mass is 9.95. The average Bonchev–Trinajstić information content (AvgIpc) is 2.53. The molecule has 23 heavy (non-hydrogen) atoms. The molecule has 0 bridgehead atoms. The molecule has 1 aliphatic heterocycles. The van der Waals surface area contributed by atoms with Gasteiger partial charge in [0, 0.05) is 18.3 Å². The van der Waals surface area contributed by atoms with Gasteiger partial charge in [0.15, 0.2) is 0 Å². The minimum Gasteiger partial charge on any atom is -0.478 e. The Balaban J connectivity index is 2.30. The first-order valence-corrected chi connectivity index (χ1v) is 7.86. The molecule has 0 aromatic heterocycles. The first-order valence-electron chi connectivity index (χ1n) is 7.86. The lowest BCUT2D eigenvalue weighted by molar-refractivity contribution is -0.131. The number of carbonyl (C=O) groups is 1. The van der Waals surface area contributed by atoms with Crippen LogP contribution >= 0.6 is 0 Å². The maximum Gasteiger partial charge on any atom is 0.328 e. The van der Waals surface area contributed by atoms with E-state index in [2.05, 4.69) is 5.32 Å². The molecule has 4 heteroatoms. The molecule has 2 rings (SSSR count). The number of nitrogens with one attached hydrogen (secondary N) is 1. The van der Waals surface area contributed by atoms with Crippen LogP contribution in [0.25, 0.3) is 5.57 Å². The predicted octanol–water partition coefficient (Wildman–Crippen LogP) is 4.72. The minimum atomic E-state index is -1.03. The molecule has 1 aliphatic rings. The maximum atomic E-state index is 14.5. The van der Waals surface area contributed by atoms with E-state index in [1.165, 1.54) is 17.7 Å². The smallest absolute Gasteiger partial charge is 0.328 e. The number of anilines is 1. The molecule has 0 amide bonds. The summed E-state index contributed by atoms with van der Waals surface area (Å²) in [7, 11) is 0. The lowest BCUT2D eigenvalue weighted by Gasteiger charge is -2.19. The van der Waals surface area contributed by atoms with E-state index in [9.17, 15) is 9.18 Å². The number of halogens is 1. The Labute approximate surface area is 136 Å². The molecule has 0 radical (unpaired) electrons. The van der Waals surface area contributed by atoms with Gasteiger partial charge < -0.3 is 10.4 Å². The number of carboxylic acids is 1. The van der Waals surface area contributed by atoms with Crippen molar-refractivity contribution in [3.05, 3.63) is 59.0 Å². The van der Waals surface area contributed by atoms with Gasteiger partial charge in [0.1, 0.15) is 5.83 Å². The molecule has 122 valence electrons. The summed E-state index contributed by atoms with van der Waals surface area (Å²) in [5, 5.41) is 12.0. The van der Waals surface area contributed by atoms with Crippen molar-refractivity contribution in [3.63, 3.8) is 0 Å². The predicted molar refractivity (Wildman–Crippen MR) is 92.1 cm³/mol. The highest BCUT2D eigenvalue weighted by molar-refractivity contribution is 5.81.